The minimum absolute atomic E-state index is 0.427. The number of piperidine rings is 1. The normalized spacial score (nSPS) is 14.3. The van der Waals surface area contributed by atoms with Crippen molar-refractivity contribution in [1.29, 1.82) is 0 Å². The van der Waals surface area contributed by atoms with Gasteiger partial charge in [0.1, 0.15) is 11.5 Å². The number of hydrogen-bond acceptors (Lipinski definition) is 5. The summed E-state index contributed by atoms with van der Waals surface area (Å²) in [5, 5.41) is 5.64. The van der Waals surface area contributed by atoms with Crippen molar-refractivity contribution in [1.82, 2.24) is 19.4 Å². The van der Waals surface area contributed by atoms with Crippen LogP contribution in [0.3, 0.4) is 0 Å². The smallest absolute Gasteiger partial charge is 0.265 e. The molecule has 1 aliphatic heterocycles. The number of carbonyl (C=O) groups is 1. The maximum absolute atomic E-state index is 12.7. The molecule has 2 aromatic carbocycles. The van der Waals surface area contributed by atoms with E-state index in [1.807, 2.05) is 65.4 Å². The molecule has 1 saturated heterocycles. The van der Waals surface area contributed by atoms with Gasteiger partial charge < -0.3 is 11.1 Å². The number of hydrogen-bond donors (Lipinski definition) is 2. The van der Waals surface area contributed by atoms with Crippen LogP contribution in [0.25, 0.3) is 27.6 Å². The van der Waals surface area contributed by atoms with Gasteiger partial charge in [0.15, 0.2) is 0 Å². The van der Waals surface area contributed by atoms with Crippen molar-refractivity contribution in [3.8, 4) is 5.82 Å². The largest absolute Gasteiger partial charge is 0.380 e. The SMILES string of the molecule is NC(=O)c1cc2ccccc2n1-c1nc2ccncc2c(NCc2ccccc2)c1CN1CCCCC1. The van der Waals surface area contributed by atoms with Gasteiger partial charge in [-0.1, -0.05) is 55.0 Å². The molecule has 5 aromatic rings. The van der Waals surface area contributed by atoms with E-state index in [1.165, 1.54) is 24.8 Å². The second kappa shape index (κ2) is 10.0. The van der Waals surface area contributed by atoms with Crippen molar-refractivity contribution in [2.75, 3.05) is 18.4 Å². The monoisotopic (exact) mass is 490 g/mol. The second-order valence-corrected chi connectivity index (χ2v) is 9.65. The predicted molar refractivity (Wildman–Crippen MR) is 148 cm³/mol. The number of likely N-dealkylation sites (tertiary alicyclic amines) is 1. The van der Waals surface area contributed by atoms with Crippen LogP contribution >= 0.6 is 0 Å². The Morgan fingerprint density at radius 1 is 0.973 bits per heavy atom. The summed E-state index contributed by atoms with van der Waals surface area (Å²) >= 11 is 0. The lowest BCUT2D eigenvalue weighted by Gasteiger charge is -2.29. The number of carbonyl (C=O) groups excluding carboxylic acids is 1. The van der Waals surface area contributed by atoms with E-state index >= 15 is 0 Å². The standard InChI is InChI=1S/C30H30N6O/c31-29(37)27-17-22-11-5-6-12-26(22)36(27)30-24(20-35-15-7-2-8-16-35)28(23-19-32-14-13-25(23)34-30)33-18-21-9-3-1-4-10-21/h1,3-6,9-14,17,19H,2,7-8,15-16,18,20H2,(H2,31,37)(H,33,34). The third kappa shape index (κ3) is 4.54. The third-order valence-electron chi connectivity index (χ3n) is 7.18. The third-order valence-corrected chi connectivity index (χ3v) is 7.18. The van der Waals surface area contributed by atoms with E-state index in [0.717, 1.165) is 58.5 Å². The minimum atomic E-state index is -0.476. The van der Waals surface area contributed by atoms with Crippen LogP contribution in [0, 0.1) is 0 Å². The van der Waals surface area contributed by atoms with Crippen LogP contribution in [-0.2, 0) is 13.1 Å². The maximum Gasteiger partial charge on any atom is 0.265 e. The lowest BCUT2D eigenvalue weighted by molar-refractivity contribution is 0.0994. The zero-order valence-electron chi connectivity index (χ0n) is 20.7. The Balaban J connectivity index is 1.60. The molecule has 37 heavy (non-hydrogen) atoms. The van der Waals surface area contributed by atoms with Crippen molar-refractivity contribution in [3.63, 3.8) is 0 Å². The van der Waals surface area contributed by atoms with Gasteiger partial charge in [0.05, 0.1) is 16.7 Å². The van der Waals surface area contributed by atoms with E-state index in [4.69, 9.17) is 10.7 Å². The number of aromatic nitrogens is 3. The summed E-state index contributed by atoms with van der Waals surface area (Å²) in [6.07, 6.45) is 7.26. The van der Waals surface area contributed by atoms with E-state index in [0.29, 0.717) is 12.2 Å². The highest BCUT2D eigenvalue weighted by Gasteiger charge is 2.24. The Morgan fingerprint density at radius 3 is 2.57 bits per heavy atom. The number of para-hydroxylation sites is 1. The molecule has 4 heterocycles. The lowest BCUT2D eigenvalue weighted by Crippen LogP contribution is -2.30. The van der Waals surface area contributed by atoms with Crippen molar-refractivity contribution in [2.24, 2.45) is 5.73 Å². The molecule has 7 nitrogen and oxygen atoms in total. The highest BCUT2D eigenvalue weighted by atomic mass is 16.1. The number of anilines is 1. The summed E-state index contributed by atoms with van der Waals surface area (Å²) in [6.45, 7) is 3.46. The molecule has 0 aliphatic carbocycles. The first-order valence-corrected chi connectivity index (χ1v) is 12.9. The molecular formula is C30H30N6O. The Kier molecular flexibility index (Phi) is 6.28. The van der Waals surface area contributed by atoms with Crippen LogP contribution in [-0.4, -0.2) is 38.4 Å². The van der Waals surface area contributed by atoms with Gasteiger partial charge in [0, 0.05) is 41.8 Å². The van der Waals surface area contributed by atoms with Crippen LogP contribution < -0.4 is 11.1 Å². The molecule has 1 fully saturated rings. The molecule has 3 aromatic heterocycles. The first kappa shape index (κ1) is 23.2. The van der Waals surface area contributed by atoms with Gasteiger partial charge in [-0.05, 0) is 49.7 Å². The van der Waals surface area contributed by atoms with Gasteiger partial charge >= 0.3 is 0 Å². The minimum Gasteiger partial charge on any atom is -0.380 e. The molecule has 7 heteroatoms. The number of nitrogens with two attached hydrogens (primary N) is 1. The van der Waals surface area contributed by atoms with Crippen LogP contribution in [0.15, 0.2) is 79.1 Å². The van der Waals surface area contributed by atoms with Crippen molar-refractivity contribution < 1.29 is 4.79 Å². The molecule has 0 bridgehead atoms. The average molecular weight is 491 g/mol. The van der Waals surface area contributed by atoms with Crippen LogP contribution in [0.2, 0.25) is 0 Å². The Labute approximate surface area is 215 Å². The fourth-order valence-corrected chi connectivity index (χ4v) is 5.36. The summed E-state index contributed by atoms with van der Waals surface area (Å²) < 4.78 is 1.94. The molecule has 186 valence electrons. The summed E-state index contributed by atoms with van der Waals surface area (Å²) in [4.78, 5) is 24.7. The molecule has 3 N–H and O–H groups in total. The fraction of sp³-hybridized carbons (Fsp3) is 0.233. The van der Waals surface area contributed by atoms with Crippen LogP contribution in [0.1, 0.15) is 40.9 Å². The van der Waals surface area contributed by atoms with Crippen molar-refractivity contribution in [3.05, 3.63) is 95.9 Å². The van der Waals surface area contributed by atoms with Gasteiger partial charge in [0.25, 0.3) is 5.91 Å². The maximum atomic E-state index is 12.7. The summed E-state index contributed by atoms with van der Waals surface area (Å²) in [7, 11) is 0. The van der Waals surface area contributed by atoms with E-state index < -0.39 is 5.91 Å². The topological polar surface area (TPSA) is 89.1 Å². The summed E-state index contributed by atoms with van der Waals surface area (Å²) in [5.41, 5.74) is 11.3. The first-order chi connectivity index (χ1) is 18.2. The van der Waals surface area contributed by atoms with E-state index in [2.05, 4.69) is 27.3 Å². The van der Waals surface area contributed by atoms with E-state index in [-0.39, 0.29) is 0 Å². The fourth-order valence-electron chi connectivity index (χ4n) is 5.36. The zero-order valence-corrected chi connectivity index (χ0v) is 20.7. The molecule has 0 spiro atoms. The number of nitrogens with one attached hydrogen (secondary N) is 1. The number of fused-ring (bicyclic) bond motifs is 2. The van der Waals surface area contributed by atoms with Gasteiger partial charge in [0.2, 0.25) is 0 Å². The summed E-state index contributed by atoms with van der Waals surface area (Å²) in [5.74, 6) is 0.255. The molecule has 0 atom stereocenters. The van der Waals surface area contributed by atoms with Crippen molar-refractivity contribution in [2.45, 2.75) is 32.4 Å². The van der Waals surface area contributed by atoms with Gasteiger partial charge in [-0.2, -0.15) is 0 Å². The van der Waals surface area contributed by atoms with E-state index in [9.17, 15) is 4.79 Å². The molecule has 0 radical (unpaired) electrons. The Morgan fingerprint density at radius 2 is 1.76 bits per heavy atom. The van der Waals surface area contributed by atoms with E-state index in [1.54, 1.807) is 6.20 Å². The first-order valence-electron chi connectivity index (χ1n) is 12.9. The summed E-state index contributed by atoms with van der Waals surface area (Å²) in [6, 6.07) is 22.1. The number of rotatable bonds is 7. The highest BCUT2D eigenvalue weighted by molar-refractivity contribution is 6.00. The van der Waals surface area contributed by atoms with Crippen LogP contribution in [0.4, 0.5) is 5.69 Å². The average Bonchev–Trinajstić information content (AvgIpc) is 3.33. The van der Waals surface area contributed by atoms with Gasteiger partial charge in [-0.15, -0.1) is 0 Å². The molecule has 6 rings (SSSR count). The number of primary amides is 1. The highest BCUT2D eigenvalue weighted by Crippen LogP contribution is 2.35. The molecule has 0 saturated carbocycles. The molecule has 1 amide bonds. The number of pyridine rings is 2. The number of amides is 1. The van der Waals surface area contributed by atoms with Crippen LogP contribution in [0.5, 0.6) is 0 Å². The molecular weight excluding hydrogens is 460 g/mol. The quantitative estimate of drug-likeness (QED) is 0.324. The zero-order chi connectivity index (χ0) is 25.2. The predicted octanol–water partition coefficient (Wildman–Crippen LogP) is 5.27. The Hall–Kier alpha value is -4.23. The number of benzene rings is 2. The number of nitrogens with zero attached hydrogens (tertiary/aromatic N) is 4. The molecule has 0 unspecified atom stereocenters. The second-order valence-electron chi connectivity index (χ2n) is 9.65. The Bertz CT molecular complexity index is 1570. The van der Waals surface area contributed by atoms with Crippen molar-refractivity contribution >= 4 is 33.4 Å². The van der Waals surface area contributed by atoms with Gasteiger partial charge in [-0.25, -0.2) is 4.98 Å². The lowest BCUT2D eigenvalue weighted by atomic mass is 10.1. The van der Waals surface area contributed by atoms with Gasteiger partial charge in [-0.3, -0.25) is 19.2 Å². The molecule has 1 aliphatic rings.